The summed E-state index contributed by atoms with van der Waals surface area (Å²) >= 11 is 0. The van der Waals surface area contributed by atoms with Crippen LogP contribution in [-0.2, 0) is 0 Å². The Bertz CT molecular complexity index is 339. The summed E-state index contributed by atoms with van der Waals surface area (Å²) in [6.45, 7) is 2.07. The highest BCUT2D eigenvalue weighted by atomic mass is 19.1. The van der Waals surface area contributed by atoms with E-state index in [2.05, 4.69) is 0 Å². The van der Waals surface area contributed by atoms with Gasteiger partial charge < -0.3 is 10.5 Å². The molecule has 3 nitrogen and oxygen atoms in total. The normalized spacial score (nSPS) is 9.93. The van der Waals surface area contributed by atoms with Gasteiger partial charge >= 0.3 is 0 Å². The molecule has 2 N–H and O–H groups in total. The highest BCUT2D eigenvalue weighted by Crippen LogP contribution is 2.16. The van der Waals surface area contributed by atoms with E-state index in [0.29, 0.717) is 12.4 Å². The molecule has 1 rings (SSSR count). The van der Waals surface area contributed by atoms with Crippen LogP contribution < -0.4 is 10.5 Å². The zero-order valence-corrected chi connectivity index (χ0v) is 7.92. The number of benzene rings is 1. The average molecular weight is 197 g/mol. The van der Waals surface area contributed by atoms with Crippen LogP contribution in [0.1, 0.15) is 17.3 Å². The smallest absolute Gasteiger partial charge is 0.179 e. The zero-order valence-electron chi connectivity index (χ0n) is 7.92. The molecule has 0 fully saturated rings. The molecule has 0 radical (unpaired) electrons. The highest BCUT2D eigenvalue weighted by molar-refractivity contribution is 5.97. The molecule has 0 amide bonds. The monoisotopic (exact) mass is 197 g/mol. The van der Waals surface area contributed by atoms with Gasteiger partial charge in [0.25, 0.3) is 0 Å². The Morgan fingerprint density at radius 2 is 2.29 bits per heavy atom. The number of nitrogens with two attached hydrogens (primary N) is 1. The Kier molecular flexibility index (Phi) is 3.59. The van der Waals surface area contributed by atoms with Crippen molar-refractivity contribution in [1.82, 2.24) is 0 Å². The Morgan fingerprint density at radius 3 is 2.79 bits per heavy atom. The minimum Gasteiger partial charge on any atom is -0.494 e. The number of carbonyl (C=O) groups excluding carboxylic acids is 1. The van der Waals surface area contributed by atoms with Gasteiger partial charge in [0.1, 0.15) is 11.6 Å². The summed E-state index contributed by atoms with van der Waals surface area (Å²) in [4.78, 5) is 11.1. The van der Waals surface area contributed by atoms with Crippen molar-refractivity contribution in [2.24, 2.45) is 5.73 Å². The van der Waals surface area contributed by atoms with Crippen molar-refractivity contribution in [1.29, 1.82) is 0 Å². The molecule has 0 unspecified atom stereocenters. The van der Waals surface area contributed by atoms with Crippen LogP contribution in [0.2, 0.25) is 0 Å². The Balaban J connectivity index is 2.95. The molecule has 4 heteroatoms. The average Bonchev–Trinajstić information content (AvgIpc) is 2.17. The highest BCUT2D eigenvalue weighted by Gasteiger charge is 2.10. The molecular weight excluding hydrogens is 185 g/mol. The van der Waals surface area contributed by atoms with Crippen molar-refractivity contribution in [3.63, 3.8) is 0 Å². The fourth-order valence-electron chi connectivity index (χ4n) is 1.09. The van der Waals surface area contributed by atoms with E-state index in [1.807, 2.05) is 0 Å². The fourth-order valence-corrected chi connectivity index (χ4v) is 1.09. The maximum atomic E-state index is 13.3. The van der Waals surface area contributed by atoms with Gasteiger partial charge in [-0.1, -0.05) is 0 Å². The lowest BCUT2D eigenvalue weighted by molar-refractivity contribution is 0.0997. The van der Waals surface area contributed by atoms with Gasteiger partial charge in [0.2, 0.25) is 0 Å². The van der Waals surface area contributed by atoms with Crippen LogP contribution in [0.4, 0.5) is 4.39 Å². The first kappa shape index (κ1) is 10.7. The standard InChI is InChI=1S/C10H12FNO2/c1-2-14-7-3-4-8(9(11)5-7)10(13)6-12/h3-5H,2,6,12H2,1H3. The first-order valence-electron chi connectivity index (χ1n) is 4.34. The summed E-state index contributed by atoms with van der Waals surface area (Å²) < 4.78 is 18.3. The molecule has 0 saturated heterocycles. The van der Waals surface area contributed by atoms with E-state index in [9.17, 15) is 9.18 Å². The van der Waals surface area contributed by atoms with E-state index in [1.165, 1.54) is 12.1 Å². The van der Waals surface area contributed by atoms with Gasteiger partial charge in [-0.15, -0.1) is 0 Å². The fraction of sp³-hybridized carbons (Fsp3) is 0.300. The van der Waals surface area contributed by atoms with Crippen LogP contribution in [0.15, 0.2) is 18.2 Å². The van der Waals surface area contributed by atoms with E-state index in [0.717, 1.165) is 0 Å². The van der Waals surface area contributed by atoms with Gasteiger partial charge in [0.15, 0.2) is 5.78 Å². The number of ether oxygens (including phenoxy) is 1. The van der Waals surface area contributed by atoms with E-state index < -0.39 is 11.6 Å². The molecule has 76 valence electrons. The SMILES string of the molecule is CCOc1ccc(C(=O)CN)c(F)c1. The molecule has 1 aromatic carbocycles. The molecule has 0 bridgehead atoms. The molecule has 0 atom stereocenters. The van der Waals surface area contributed by atoms with Crippen LogP contribution >= 0.6 is 0 Å². The Hall–Kier alpha value is -1.42. The Labute approximate surface area is 81.7 Å². The van der Waals surface area contributed by atoms with Crippen molar-refractivity contribution in [3.8, 4) is 5.75 Å². The summed E-state index contributed by atoms with van der Waals surface area (Å²) in [7, 11) is 0. The Morgan fingerprint density at radius 1 is 1.57 bits per heavy atom. The quantitative estimate of drug-likeness (QED) is 0.741. The largest absolute Gasteiger partial charge is 0.494 e. The minimum absolute atomic E-state index is 0.0101. The molecule has 0 saturated carbocycles. The second-order valence-corrected chi connectivity index (χ2v) is 2.70. The third-order valence-electron chi connectivity index (χ3n) is 1.74. The summed E-state index contributed by atoms with van der Waals surface area (Å²) in [6, 6.07) is 4.12. The predicted molar refractivity (Wildman–Crippen MR) is 51.0 cm³/mol. The number of hydrogen-bond donors (Lipinski definition) is 1. The number of hydrogen-bond acceptors (Lipinski definition) is 3. The van der Waals surface area contributed by atoms with Crippen LogP contribution in [0.25, 0.3) is 0 Å². The maximum Gasteiger partial charge on any atom is 0.179 e. The third kappa shape index (κ3) is 2.29. The first-order valence-corrected chi connectivity index (χ1v) is 4.34. The van der Waals surface area contributed by atoms with E-state index in [4.69, 9.17) is 10.5 Å². The second kappa shape index (κ2) is 4.72. The number of halogens is 1. The minimum atomic E-state index is -0.591. The van der Waals surface area contributed by atoms with Gasteiger partial charge in [0.05, 0.1) is 18.7 Å². The molecule has 0 spiro atoms. The molecule has 0 aliphatic heterocycles. The number of Topliss-reactive ketones (excluding diaryl/α,β-unsaturated/α-hetero) is 1. The van der Waals surface area contributed by atoms with Gasteiger partial charge in [-0.2, -0.15) is 0 Å². The van der Waals surface area contributed by atoms with Crippen molar-refractivity contribution >= 4 is 5.78 Å². The van der Waals surface area contributed by atoms with Crippen LogP contribution in [0.5, 0.6) is 5.75 Å². The van der Waals surface area contributed by atoms with Crippen molar-refractivity contribution in [3.05, 3.63) is 29.6 Å². The first-order chi connectivity index (χ1) is 6.69. The molecule has 0 aliphatic carbocycles. The summed E-state index contributed by atoms with van der Waals surface area (Å²) in [5.41, 5.74) is 5.13. The lowest BCUT2D eigenvalue weighted by atomic mass is 10.1. The van der Waals surface area contributed by atoms with Crippen molar-refractivity contribution in [2.45, 2.75) is 6.92 Å². The van der Waals surface area contributed by atoms with E-state index >= 15 is 0 Å². The zero-order chi connectivity index (χ0) is 10.6. The van der Waals surface area contributed by atoms with Crippen LogP contribution in [-0.4, -0.2) is 18.9 Å². The second-order valence-electron chi connectivity index (χ2n) is 2.70. The van der Waals surface area contributed by atoms with Gasteiger partial charge in [-0.25, -0.2) is 4.39 Å². The number of carbonyl (C=O) groups is 1. The van der Waals surface area contributed by atoms with Crippen LogP contribution in [0, 0.1) is 5.82 Å². The topological polar surface area (TPSA) is 52.3 Å². The molecular formula is C10H12FNO2. The number of rotatable bonds is 4. The molecule has 0 aliphatic rings. The lowest BCUT2D eigenvalue weighted by Crippen LogP contribution is -2.15. The lowest BCUT2D eigenvalue weighted by Gasteiger charge is -2.05. The van der Waals surface area contributed by atoms with E-state index in [1.54, 1.807) is 13.0 Å². The maximum absolute atomic E-state index is 13.3. The molecule has 1 aromatic rings. The predicted octanol–water partition coefficient (Wildman–Crippen LogP) is 1.37. The molecule has 14 heavy (non-hydrogen) atoms. The third-order valence-corrected chi connectivity index (χ3v) is 1.74. The van der Waals surface area contributed by atoms with E-state index in [-0.39, 0.29) is 12.1 Å². The van der Waals surface area contributed by atoms with Crippen LogP contribution in [0.3, 0.4) is 0 Å². The van der Waals surface area contributed by atoms with Crippen molar-refractivity contribution < 1.29 is 13.9 Å². The number of ketones is 1. The summed E-state index contributed by atoms with van der Waals surface area (Å²) in [5, 5.41) is 0. The van der Waals surface area contributed by atoms with Crippen molar-refractivity contribution in [2.75, 3.05) is 13.2 Å². The summed E-state index contributed by atoms with van der Waals surface area (Å²) in [5.74, 6) is -0.587. The molecule has 0 aromatic heterocycles. The van der Waals surface area contributed by atoms with Gasteiger partial charge in [-0.05, 0) is 19.1 Å². The van der Waals surface area contributed by atoms with Gasteiger partial charge in [-0.3, -0.25) is 4.79 Å². The molecule has 0 heterocycles. The summed E-state index contributed by atoms with van der Waals surface area (Å²) in [6.07, 6.45) is 0. The van der Waals surface area contributed by atoms with Gasteiger partial charge in [0, 0.05) is 6.07 Å².